The van der Waals surface area contributed by atoms with Crippen LogP contribution in [0.25, 0.3) is 22.3 Å². The van der Waals surface area contributed by atoms with Gasteiger partial charge in [0.05, 0.1) is 11.3 Å². The summed E-state index contributed by atoms with van der Waals surface area (Å²) in [4.78, 5) is 13.7. The monoisotopic (exact) mass is 331 g/mol. The lowest BCUT2D eigenvalue weighted by Crippen LogP contribution is -2.15. The first-order chi connectivity index (χ1) is 12.0. The van der Waals surface area contributed by atoms with Crippen molar-refractivity contribution in [3.05, 3.63) is 77.9 Å². The number of anilines is 1. The molecule has 3 aromatic rings. The summed E-state index contributed by atoms with van der Waals surface area (Å²) in [5, 5.41) is 9.68. The predicted octanol–water partition coefficient (Wildman–Crippen LogP) is 5.09. The maximum Gasteiger partial charge on any atom is 0.337 e. The Labute approximate surface area is 148 Å². The molecule has 0 aromatic heterocycles. The Balaban J connectivity index is 2.41. The number of aryl methyl sites for hydroxylation is 1. The quantitative estimate of drug-likeness (QED) is 0.723. The van der Waals surface area contributed by atoms with Crippen LogP contribution in [0.5, 0.6) is 0 Å². The number of aromatic carboxylic acids is 1. The molecule has 25 heavy (non-hydrogen) atoms. The second-order valence-electron chi connectivity index (χ2n) is 6.32. The lowest BCUT2D eigenvalue weighted by atomic mass is 9.89. The Bertz CT molecular complexity index is 915. The van der Waals surface area contributed by atoms with E-state index >= 15 is 0 Å². The van der Waals surface area contributed by atoms with Crippen molar-refractivity contribution < 1.29 is 9.90 Å². The fourth-order valence-electron chi connectivity index (χ4n) is 3.18. The molecule has 1 N–H and O–H groups in total. The summed E-state index contributed by atoms with van der Waals surface area (Å²) in [6, 6.07) is 21.9. The van der Waals surface area contributed by atoms with Gasteiger partial charge in [-0.2, -0.15) is 0 Å². The summed E-state index contributed by atoms with van der Waals surface area (Å²) in [6.07, 6.45) is 0. The van der Waals surface area contributed by atoms with Crippen molar-refractivity contribution in [2.24, 2.45) is 0 Å². The summed E-state index contributed by atoms with van der Waals surface area (Å²) in [5.74, 6) is -0.919. The van der Waals surface area contributed by atoms with Crippen LogP contribution in [0.15, 0.2) is 66.7 Å². The van der Waals surface area contributed by atoms with Gasteiger partial charge in [-0.05, 0) is 29.7 Å². The minimum Gasteiger partial charge on any atom is -0.478 e. The van der Waals surface area contributed by atoms with Gasteiger partial charge in [0.15, 0.2) is 0 Å². The van der Waals surface area contributed by atoms with E-state index in [0.717, 1.165) is 33.5 Å². The van der Waals surface area contributed by atoms with Crippen LogP contribution >= 0.6 is 0 Å². The van der Waals surface area contributed by atoms with Gasteiger partial charge in [-0.15, -0.1) is 0 Å². The fraction of sp³-hybridized carbons (Fsp3) is 0.136. The van der Waals surface area contributed by atoms with Gasteiger partial charge in [0.2, 0.25) is 0 Å². The van der Waals surface area contributed by atoms with E-state index in [9.17, 15) is 9.90 Å². The third kappa shape index (κ3) is 3.26. The first kappa shape index (κ1) is 16.8. The van der Waals surface area contributed by atoms with E-state index in [2.05, 4.69) is 18.2 Å². The highest BCUT2D eigenvalue weighted by Gasteiger charge is 2.21. The zero-order chi connectivity index (χ0) is 18.0. The second kappa shape index (κ2) is 6.81. The zero-order valence-electron chi connectivity index (χ0n) is 14.7. The van der Waals surface area contributed by atoms with Crippen LogP contribution in [0.4, 0.5) is 5.69 Å². The lowest BCUT2D eigenvalue weighted by molar-refractivity contribution is 0.0697. The summed E-state index contributed by atoms with van der Waals surface area (Å²) in [6.45, 7) is 2.04. The molecule has 0 saturated carbocycles. The van der Waals surface area contributed by atoms with Gasteiger partial charge >= 0.3 is 5.97 Å². The molecule has 0 amide bonds. The molecule has 0 unspecified atom stereocenters. The molecule has 0 bridgehead atoms. The Morgan fingerprint density at radius 1 is 0.880 bits per heavy atom. The highest BCUT2D eigenvalue weighted by Crippen LogP contribution is 2.41. The van der Waals surface area contributed by atoms with Crippen molar-refractivity contribution in [1.82, 2.24) is 0 Å². The van der Waals surface area contributed by atoms with E-state index < -0.39 is 5.97 Å². The van der Waals surface area contributed by atoms with Crippen molar-refractivity contribution in [3.8, 4) is 22.3 Å². The number of carbonyl (C=O) groups is 1. The number of nitrogens with zero attached hydrogens (tertiary/aromatic N) is 1. The van der Waals surface area contributed by atoms with E-state index in [-0.39, 0.29) is 0 Å². The smallest absolute Gasteiger partial charge is 0.337 e. The number of carboxylic acids is 1. The summed E-state index contributed by atoms with van der Waals surface area (Å²) in [5.41, 5.74) is 6.23. The predicted molar refractivity (Wildman–Crippen MR) is 103 cm³/mol. The third-order valence-electron chi connectivity index (χ3n) is 4.25. The minimum absolute atomic E-state index is 0.307. The molecule has 3 nitrogen and oxygen atoms in total. The minimum atomic E-state index is -0.919. The van der Waals surface area contributed by atoms with E-state index in [1.807, 2.05) is 68.4 Å². The molecule has 0 fully saturated rings. The van der Waals surface area contributed by atoms with Crippen LogP contribution in [0, 0.1) is 6.92 Å². The van der Waals surface area contributed by atoms with Crippen molar-refractivity contribution >= 4 is 11.7 Å². The van der Waals surface area contributed by atoms with Crippen LogP contribution < -0.4 is 4.90 Å². The Kier molecular flexibility index (Phi) is 4.57. The number of carboxylic acid groups (broad SMARTS) is 1. The molecule has 126 valence electrons. The lowest BCUT2D eigenvalue weighted by Gasteiger charge is -2.23. The largest absolute Gasteiger partial charge is 0.478 e. The zero-order valence-corrected chi connectivity index (χ0v) is 14.7. The molecule has 0 saturated heterocycles. The maximum atomic E-state index is 11.8. The van der Waals surface area contributed by atoms with Gasteiger partial charge < -0.3 is 10.0 Å². The number of hydrogen-bond acceptors (Lipinski definition) is 2. The summed E-state index contributed by atoms with van der Waals surface area (Å²) in [7, 11) is 3.77. The highest BCUT2D eigenvalue weighted by molar-refractivity contribution is 6.04. The molecule has 0 spiro atoms. The molecule has 3 rings (SSSR count). The van der Waals surface area contributed by atoms with Crippen molar-refractivity contribution in [2.45, 2.75) is 6.92 Å². The SMILES string of the molecule is Cc1cccc(-c2c(-c3ccccc3)ccc(C(=O)O)c2N(C)C)c1. The molecule has 0 aliphatic rings. The third-order valence-corrected chi connectivity index (χ3v) is 4.25. The fourth-order valence-corrected chi connectivity index (χ4v) is 3.18. The Morgan fingerprint density at radius 3 is 2.16 bits per heavy atom. The van der Waals surface area contributed by atoms with Crippen LogP contribution in [0.1, 0.15) is 15.9 Å². The van der Waals surface area contributed by atoms with E-state index in [4.69, 9.17) is 0 Å². The standard InChI is InChI=1S/C22H21NO2/c1-15-8-7-11-17(14-15)20-18(16-9-5-4-6-10-16)12-13-19(22(24)25)21(20)23(2)3/h4-14H,1-3H3,(H,24,25). The summed E-state index contributed by atoms with van der Waals surface area (Å²) < 4.78 is 0. The van der Waals surface area contributed by atoms with E-state index in [1.54, 1.807) is 6.07 Å². The Morgan fingerprint density at radius 2 is 1.56 bits per heavy atom. The molecule has 0 heterocycles. The maximum absolute atomic E-state index is 11.8. The Hall–Kier alpha value is -3.07. The van der Waals surface area contributed by atoms with Crippen LogP contribution in [0.2, 0.25) is 0 Å². The van der Waals surface area contributed by atoms with Crippen LogP contribution in [-0.4, -0.2) is 25.2 Å². The summed E-state index contributed by atoms with van der Waals surface area (Å²) >= 11 is 0. The van der Waals surface area contributed by atoms with Gasteiger partial charge in [-0.3, -0.25) is 0 Å². The van der Waals surface area contributed by atoms with Gasteiger partial charge in [0, 0.05) is 19.7 Å². The van der Waals surface area contributed by atoms with Crippen molar-refractivity contribution in [1.29, 1.82) is 0 Å². The highest BCUT2D eigenvalue weighted by atomic mass is 16.4. The average Bonchev–Trinajstić information content (AvgIpc) is 2.61. The molecule has 0 aliphatic carbocycles. The van der Waals surface area contributed by atoms with Crippen molar-refractivity contribution in [2.75, 3.05) is 19.0 Å². The first-order valence-corrected chi connectivity index (χ1v) is 8.19. The van der Waals surface area contributed by atoms with Crippen LogP contribution in [-0.2, 0) is 0 Å². The average molecular weight is 331 g/mol. The number of benzene rings is 3. The normalized spacial score (nSPS) is 10.5. The number of hydrogen-bond donors (Lipinski definition) is 1. The second-order valence-corrected chi connectivity index (χ2v) is 6.32. The molecule has 3 heteroatoms. The molecule has 0 radical (unpaired) electrons. The topological polar surface area (TPSA) is 40.5 Å². The molecule has 3 aromatic carbocycles. The number of rotatable bonds is 4. The van der Waals surface area contributed by atoms with Crippen LogP contribution in [0.3, 0.4) is 0 Å². The van der Waals surface area contributed by atoms with E-state index in [0.29, 0.717) is 5.56 Å². The molecular weight excluding hydrogens is 310 g/mol. The van der Waals surface area contributed by atoms with Gasteiger partial charge in [0.25, 0.3) is 0 Å². The molecule has 0 aliphatic heterocycles. The van der Waals surface area contributed by atoms with Gasteiger partial charge in [-0.25, -0.2) is 4.79 Å². The van der Waals surface area contributed by atoms with Gasteiger partial charge in [0.1, 0.15) is 0 Å². The van der Waals surface area contributed by atoms with Crippen molar-refractivity contribution in [3.63, 3.8) is 0 Å². The van der Waals surface area contributed by atoms with Gasteiger partial charge in [-0.1, -0.05) is 66.2 Å². The molecular formula is C22H21NO2. The van der Waals surface area contributed by atoms with E-state index in [1.165, 1.54) is 0 Å². The first-order valence-electron chi connectivity index (χ1n) is 8.19. The molecule has 0 atom stereocenters.